The molecule has 0 aliphatic heterocycles. The first kappa shape index (κ1) is 9.49. The Labute approximate surface area is 73.8 Å². The molecule has 0 amide bonds. The van der Waals surface area contributed by atoms with E-state index in [2.05, 4.69) is 26.0 Å². The lowest BCUT2D eigenvalue weighted by atomic mass is 9.81. The molecule has 0 saturated carbocycles. The van der Waals surface area contributed by atoms with Crippen molar-refractivity contribution in [1.29, 1.82) is 0 Å². The highest BCUT2D eigenvalue weighted by Gasteiger charge is 2.25. The summed E-state index contributed by atoms with van der Waals surface area (Å²) >= 11 is 0. The van der Waals surface area contributed by atoms with Crippen LogP contribution < -0.4 is 5.73 Å². The van der Waals surface area contributed by atoms with Crippen molar-refractivity contribution in [3.8, 4) is 0 Å². The van der Waals surface area contributed by atoms with Crippen LogP contribution in [0.3, 0.4) is 0 Å². The maximum Gasteiger partial charge on any atom is 0.109 e. The van der Waals surface area contributed by atoms with Crippen LogP contribution in [0, 0.1) is 11.8 Å². The molecule has 3 unspecified atom stereocenters. The molecule has 68 valence electrons. The normalized spacial score (nSPS) is 32.4. The summed E-state index contributed by atoms with van der Waals surface area (Å²) in [7, 11) is 0. The molecule has 0 aromatic heterocycles. The zero-order valence-electron chi connectivity index (χ0n) is 7.91. The summed E-state index contributed by atoms with van der Waals surface area (Å²) < 4.78 is 0. The second kappa shape index (κ2) is 3.42. The summed E-state index contributed by atoms with van der Waals surface area (Å²) in [6.07, 6.45) is 3.50. The third kappa shape index (κ3) is 1.76. The lowest BCUT2D eigenvalue weighted by Crippen LogP contribution is -2.35. The standard InChI is InChI=1S/C10H17NO/c1-6-4-7(2)9(10(11)12)8(3)5-6/h4-5,7,9-10,12H,11H2,1-3H3. The monoisotopic (exact) mass is 167 g/mol. The van der Waals surface area contributed by atoms with E-state index in [-0.39, 0.29) is 5.92 Å². The fourth-order valence-corrected chi connectivity index (χ4v) is 2.02. The maximum atomic E-state index is 9.31. The van der Waals surface area contributed by atoms with Gasteiger partial charge >= 0.3 is 0 Å². The van der Waals surface area contributed by atoms with E-state index in [1.807, 2.05) is 6.92 Å². The SMILES string of the molecule is CC1=CC(C)C(C(N)O)C(C)=C1. The molecule has 3 atom stereocenters. The smallest absolute Gasteiger partial charge is 0.109 e. The Bertz CT molecular complexity index is 228. The molecule has 12 heavy (non-hydrogen) atoms. The summed E-state index contributed by atoms with van der Waals surface area (Å²) in [5.41, 5.74) is 7.92. The van der Waals surface area contributed by atoms with Crippen LogP contribution in [0.4, 0.5) is 0 Å². The minimum absolute atomic E-state index is 0.0914. The van der Waals surface area contributed by atoms with E-state index in [0.717, 1.165) is 0 Å². The zero-order chi connectivity index (χ0) is 9.30. The van der Waals surface area contributed by atoms with Gasteiger partial charge in [0.05, 0.1) is 0 Å². The van der Waals surface area contributed by atoms with Crippen LogP contribution in [0.25, 0.3) is 0 Å². The molecule has 1 aliphatic rings. The van der Waals surface area contributed by atoms with Crippen molar-refractivity contribution in [2.24, 2.45) is 17.6 Å². The van der Waals surface area contributed by atoms with Gasteiger partial charge in [-0.3, -0.25) is 0 Å². The molecule has 3 N–H and O–H groups in total. The number of nitrogens with two attached hydrogens (primary N) is 1. The van der Waals surface area contributed by atoms with Crippen molar-refractivity contribution in [1.82, 2.24) is 0 Å². The van der Waals surface area contributed by atoms with Gasteiger partial charge in [0.25, 0.3) is 0 Å². The van der Waals surface area contributed by atoms with Gasteiger partial charge in [0.2, 0.25) is 0 Å². The fraction of sp³-hybridized carbons (Fsp3) is 0.600. The molecule has 2 nitrogen and oxygen atoms in total. The predicted octanol–water partition coefficient (Wildman–Crippen LogP) is 1.42. The highest BCUT2D eigenvalue weighted by molar-refractivity contribution is 5.29. The van der Waals surface area contributed by atoms with Crippen molar-refractivity contribution in [3.63, 3.8) is 0 Å². The van der Waals surface area contributed by atoms with Crippen molar-refractivity contribution in [2.45, 2.75) is 27.0 Å². The van der Waals surface area contributed by atoms with E-state index in [4.69, 9.17) is 5.73 Å². The molecule has 0 spiro atoms. The topological polar surface area (TPSA) is 46.2 Å². The summed E-state index contributed by atoms with van der Waals surface area (Å²) in [5.74, 6) is 0.434. The largest absolute Gasteiger partial charge is 0.378 e. The van der Waals surface area contributed by atoms with Crippen LogP contribution in [0.15, 0.2) is 23.3 Å². The molecule has 1 aliphatic carbocycles. The first-order chi connectivity index (χ1) is 5.52. The summed E-state index contributed by atoms with van der Waals surface area (Å²) in [6, 6.07) is 0. The van der Waals surface area contributed by atoms with Crippen molar-refractivity contribution < 1.29 is 5.11 Å². The van der Waals surface area contributed by atoms with Gasteiger partial charge in [0.1, 0.15) is 6.23 Å². The minimum Gasteiger partial charge on any atom is -0.378 e. The average Bonchev–Trinajstić information content (AvgIpc) is 1.82. The van der Waals surface area contributed by atoms with Crippen LogP contribution in [0.2, 0.25) is 0 Å². The molecule has 0 bridgehead atoms. The number of hydrogen-bond acceptors (Lipinski definition) is 2. The first-order valence-electron chi connectivity index (χ1n) is 4.32. The Balaban J connectivity index is 2.87. The molecule has 0 aromatic rings. The maximum absolute atomic E-state index is 9.31. The van der Waals surface area contributed by atoms with Crippen LogP contribution >= 0.6 is 0 Å². The molecule has 0 fully saturated rings. The average molecular weight is 167 g/mol. The Morgan fingerprint density at radius 1 is 1.50 bits per heavy atom. The zero-order valence-corrected chi connectivity index (χ0v) is 7.91. The van der Waals surface area contributed by atoms with Gasteiger partial charge in [-0.25, -0.2) is 0 Å². The van der Waals surface area contributed by atoms with Gasteiger partial charge in [0, 0.05) is 5.92 Å². The van der Waals surface area contributed by atoms with Crippen molar-refractivity contribution in [2.75, 3.05) is 0 Å². The third-order valence-corrected chi connectivity index (χ3v) is 2.44. The lowest BCUT2D eigenvalue weighted by Gasteiger charge is -2.28. The molecule has 1 rings (SSSR count). The fourth-order valence-electron chi connectivity index (χ4n) is 2.02. The van der Waals surface area contributed by atoms with E-state index < -0.39 is 6.23 Å². The highest BCUT2D eigenvalue weighted by Crippen LogP contribution is 2.29. The van der Waals surface area contributed by atoms with Crippen LogP contribution in [-0.2, 0) is 0 Å². The van der Waals surface area contributed by atoms with Crippen molar-refractivity contribution in [3.05, 3.63) is 23.3 Å². The molecule has 0 radical (unpaired) electrons. The first-order valence-corrected chi connectivity index (χ1v) is 4.32. The van der Waals surface area contributed by atoms with Crippen LogP contribution in [-0.4, -0.2) is 11.3 Å². The van der Waals surface area contributed by atoms with E-state index in [1.54, 1.807) is 0 Å². The molecule has 2 heteroatoms. The molecule has 0 saturated heterocycles. The van der Waals surface area contributed by atoms with Crippen LogP contribution in [0.5, 0.6) is 0 Å². The number of rotatable bonds is 1. The number of aliphatic hydroxyl groups excluding tert-OH is 1. The number of hydrogen-bond donors (Lipinski definition) is 2. The van der Waals surface area contributed by atoms with E-state index >= 15 is 0 Å². The summed E-state index contributed by atoms with van der Waals surface area (Å²) in [4.78, 5) is 0. The second-order valence-corrected chi connectivity index (χ2v) is 3.67. The Hall–Kier alpha value is -0.600. The van der Waals surface area contributed by atoms with E-state index in [9.17, 15) is 5.11 Å². The molecule has 0 heterocycles. The van der Waals surface area contributed by atoms with E-state index in [1.165, 1.54) is 11.1 Å². The van der Waals surface area contributed by atoms with Crippen LogP contribution in [0.1, 0.15) is 20.8 Å². The highest BCUT2D eigenvalue weighted by atomic mass is 16.3. The van der Waals surface area contributed by atoms with Gasteiger partial charge in [-0.1, -0.05) is 30.2 Å². The molecular weight excluding hydrogens is 150 g/mol. The van der Waals surface area contributed by atoms with Gasteiger partial charge < -0.3 is 10.8 Å². The van der Waals surface area contributed by atoms with Gasteiger partial charge in [0.15, 0.2) is 0 Å². The Morgan fingerprint density at radius 2 is 2.08 bits per heavy atom. The molecular formula is C10H17NO. The lowest BCUT2D eigenvalue weighted by molar-refractivity contribution is 0.112. The van der Waals surface area contributed by atoms with E-state index in [0.29, 0.717) is 5.92 Å². The van der Waals surface area contributed by atoms with Gasteiger partial charge in [-0.05, 0) is 19.8 Å². The Morgan fingerprint density at radius 3 is 2.50 bits per heavy atom. The quantitative estimate of drug-likeness (QED) is 0.580. The summed E-state index contributed by atoms with van der Waals surface area (Å²) in [6.45, 7) is 6.17. The van der Waals surface area contributed by atoms with Gasteiger partial charge in [-0.2, -0.15) is 0 Å². The third-order valence-electron chi connectivity index (χ3n) is 2.44. The Kier molecular flexibility index (Phi) is 2.70. The molecule has 0 aromatic carbocycles. The van der Waals surface area contributed by atoms with Gasteiger partial charge in [-0.15, -0.1) is 0 Å². The van der Waals surface area contributed by atoms with Crippen molar-refractivity contribution >= 4 is 0 Å². The second-order valence-electron chi connectivity index (χ2n) is 3.67. The predicted molar refractivity (Wildman–Crippen MR) is 50.4 cm³/mol. The summed E-state index contributed by atoms with van der Waals surface area (Å²) in [5, 5.41) is 9.31. The number of aliphatic hydroxyl groups is 1. The minimum atomic E-state index is -0.736. The number of allylic oxidation sites excluding steroid dienone is 3.